The highest BCUT2D eigenvalue weighted by Gasteiger charge is 2.15. The van der Waals surface area contributed by atoms with Crippen LogP contribution in [-0.2, 0) is 7.05 Å². The Morgan fingerprint density at radius 1 is 1.32 bits per heavy atom. The van der Waals surface area contributed by atoms with Crippen molar-refractivity contribution < 1.29 is 4.79 Å². The molecule has 0 aromatic carbocycles. The van der Waals surface area contributed by atoms with Crippen LogP contribution in [-0.4, -0.2) is 20.7 Å². The fraction of sp³-hybridized carbons (Fsp3) is 0.250. The Bertz CT molecular complexity index is 628. The van der Waals surface area contributed by atoms with Crippen molar-refractivity contribution in [3.63, 3.8) is 0 Å². The minimum Gasteiger partial charge on any atom is -0.318 e. The highest BCUT2D eigenvalue weighted by molar-refractivity contribution is 6.35. The normalized spacial score (nSPS) is 10.6. The average Bonchev–Trinajstić information content (AvgIpc) is 2.62. The van der Waals surface area contributed by atoms with E-state index in [1.165, 1.54) is 4.68 Å². The molecule has 7 heteroatoms. The fourth-order valence-electron chi connectivity index (χ4n) is 1.75. The number of rotatable bonds is 2. The van der Waals surface area contributed by atoms with Crippen molar-refractivity contribution in [2.75, 3.05) is 5.32 Å². The number of nitrogens with zero attached hydrogens (tertiary/aromatic N) is 3. The third kappa shape index (κ3) is 2.88. The molecular weight excluding hydrogens is 287 g/mol. The quantitative estimate of drug-likeness (QED) is 0.867. The van der Waals surface area contributed by atoms with E-state index in [-0.39, 0.29) is 16.2 Å². The van der Waals surface area contributed by atoms with Gasteiger partial charge < -0.3 is 5.32 Å². The van der Waals surface area contributed by atoms with E-state index in [9.17, 15) is 4.79 Å². The van der Waals surface area contributed by atoms with E-state index < -0.39 is 0 Å². The van der Waals surface area contributed by atoms with Crippen LogP contribution in [0.15, 0.2) is 12.1 Å². The standard InChI is InChI=1S/C12H12Cl2N4O/c1-6-4-9(13)15-11(14)10(6)16-12(19)8-5-7(2)17-18(8)3/h4-5H,1-3H3,(H,16,19). The van der Waals surface area contributed by atoms with Crippen LogP contribution in [0.4, 0.5) is 5.69 Å². The van der Waals surface area contributed by atoms with E-state index in [0.717, 1.165) is 11.3 Å². The fourth-order valence-corrected chi connectivity index (χ4v) is 2.33. The van der Waals surface area contributed by atoms with Gasteiger partial charge in [-0.3, -0.25) is 9.48 Å². The molecule has 0 aliphatic heterocycles. The molecule has 1 N–H and O–H groups in total. The van der Waals surface area contributed by atoms with Crippen LogP contribution in [0, 0.1) is 13.8 Å². The van der Waals surface area contributed by atoms with Gasteiger partial charge in [0.15, 0.2) is 5.15 Å². The highest BCUT2D eigenvalue weighted by atomic mass is 35.5. The summed E-state index contributed by atoms with van der Waals surface area (Å²) in [5, 5.41) is 7.30. The number of hydrogen-bond acceptors (Lipinski definition) is 3. The van der Waals surface area contributed by atoms with Crippen molar-refractivity contribution in [2.45, 2.75) is 13.8 Å². The first kappa shape index (κ1) is 13.8. The Labute approximate surface area is 120 Å². The van der Waals surface area contributed by atoms with Gasteiger partial charge in [0, 0.05) is 7.05 Å². The third-order valence-corrected chi connectivity index (χ3v) is 3.08. The predicted molar refractivity (Wildman–Crippen MR) is 74.9 cm³/mol. The van der Waals surface area contributed by atoms with Crippen LogP contribution >= 0.6 is 23.2 Å². The maximum absolute atomic E-state index is 12.1. The molecule has 0 bridgehead atoms. The summed E-state index contributed by atoms with van der Waals surface area (Å²) in [5.74, 6) is -0.294. The number of anilines is 1. The predicted octanol–water partition coefficient (Wildman–Crippen LogP) is 2.99. The number of halogens is 2. The van der Waals surface area contributed by atoms with Gasteiger partial charge in [0.1, 0.15) is 10.8 Å². The van der Waals surface area contributed by atoms with E-state index in [4.69, 9.17) is 23.2 Å². The molecule has 0 aliphatic rings. The number of aryl methyl sites for hydroxylation is 3. The number of carbonyl (C=O) groups excluding carboxylic acids is 1. The Hall–Kier alpha value is -1.59. The number of amides is 1. The Morgan fingerprint density at radius 3 is 2.53 bits per heavy atom. The van der Waals surface area contributed by atoms with E-state index in [0.29, 0.717) is 11.4 Å². The van der Waals surface area contributed by atoms with Gasteiger partial charge in [-0.1, -0.05) is 23.2 Å². The van der Waals surface area contributed by atoms with Crippen molar-refractivity contribution in [1.29, 1.82) is 0 Å². The van der Waals surface area contributed by atoms with Crippen LogP contribution in [0.2, 0.25) is 10.3 Å². The smallest absolute Gasteiger partial charge is 0.274 e. The van der Waals surface area contributed by atoms with Crippen LogP contribution in [0.3, 0.4) is 0 Å². The zero-order valence-corrected chi connectivity index (χ0v) is 12.2. The number of aromatic nitrogens is 3. The summed E-state index contributed by atoms with van der Waals surface area (Å²) in [7, 11) is 1.70. The molecule has 100 valence electrons. The molecule has 0 unspecified atom stereocenters. The van der Waals surface area contributed by atoms with Crippen LogP contribution in [0.5, 0.6) is 0 Å². The molecule has 0 saturated heterocycles. The summed E-state index contributed by atoms with van der Waals surface area (Å²) >= 11 is 11.8. The monoisotopic (exact) mass is 298 g/mol. The van der Waals surface area contributed by atoms with Crippen LogP contribution < -0.4 is 5.32 Å². The molecule has 0 aliphatic carbocycles. The summed E-state index contributed by atoms with van der Waals surface area (Å²) in [6, 6.07) is 3.33. The molecule has 0 saturated carbocycles. The molecule has 19 heavy (non-hydrogen) atoms. The lowest BCUT2D eigenvalue weighted by Crippen LogP contribution is -2.17. The van der Waals surface area contributed by atoms with Gasteiger partial charge in [-0.2, -0.15) is 5.10 Å². The van der Waals surface area contributed by atoms with Crippen molar-refractivity contribution in [3.8, 4) is 0 Å². The van der Waals surface area contributed by atoms with Gasteiger partial charge in [-0.15, -0.1) is 0 Å². The number of nitrogens with one attached hydrogen (secondary N) is 1. The molecule has 5 nitrogen and oxygen atoms in total. The first-order chi connectivity index (χ1) is 8.88. The van der Waals surface area contributed by atoms with Gasteiger partial charge >= 0.3 is 0 Å². The highest BCUT2D eigenvalue weighted by Crippen LogP contribution is 2.26. The van der Waals surface area contributed by atoms with Gasteiger partial charge in [0.05, 0.1) is 11.4 Å². The topological polar surface area (TPSA) is 59.8 Å². The summed E-state index contributed by atoms with van der Waals surface area (Å²) in [5.41, 5.74) is 2.42. The maximum Gasteiger partial charge on any atom is 0.274 e. The van der Waals surface area contributed by atoms with E-state index >= 15 is 0 Å². The second kappa shape index (κ2) is 5.19. The lowest BCUT2D eigenvalue weighted by atomic mass is 10.2. The molecule has 2 rings (SSSR count). The minimum absolute atomic E-state index is 0.164. The Kier molecular flexibility index (Phi) is 3.78. The third-order valence-electron chi connectivity index (χ3n) is 2.61. The van der Waals surface area contributed by atoms with Gasteiger partial charge in [0.2, 0.25) is 0 Å². The maximum atomic E-state index is 12.1. The van der Waals surface area contributed by atoms with E-state index in [1.807, 2.05) is 6.92 Å². The molecule has 2 aromatic rings. The zero-order valence-electron chi connectivity index (χ0n) is 10.7. The largest absolute Gasteiger partial charge is 0.318 e. The van der Waals surface area contributed by atoms with Crippen molar-refractivity contribution in [2.24, 2.45) is 7.05 Å². The average molecular weight is 299 g/mol. The molecule has 0 radical (unpaired) electrons. The molecule has 2 heterocycles. The van der Waals surface area contributed by atoms with Gasteiger partial charge in [-0.25, -0.2) is 4.98 Å². The minimum atomic E-state index is -0.294. The summed E-state index contributed by atoms with van der Waals surface area (Å²) in [6.07, 6.45) is 0. The van der Waals surface area contributed by atoms with Crippen molar-refractivity contribution in [3.05, 3.63) is 39.4 Å². The SMILES string of the molecule is Cc1cc(C(=O)Nc2c(C)cc(Cl)nc2Cl)n(C)n1. The summed E-state index contributed by atoms with van der Waals surface area (Å²) in [4.78, 5) is 16.0. The molecule has 2 aromatic heterocycles. The first-order valence-corrected chi connectivity index (χ1v) is 6.28. The summed E-state index contributed by atoms with van der Waals surface area (Å²) in [6.45, 7) is 3.61. The molecule has 0 fully saturated rings. The Morgan fingerprint density at radius 2 is 2.00 bits per heavy atom. The summed E-state index contributed by atoms with van der Waals surface area (Å²) < 4.78 is 1.51. The Balaban J connectivity index is 2.32. The van der Waals surface area contributed by atoms with Crippen molar-refractivity contribution >= 4 is 34.8 Å². The first-order valence-electron chi connectivity index (χ1n) is 5.53. The second-order valence-electron chi connectivity index (χ2n) is 4.18. The number of pyridine rings is 1. The lowest BCUT2D eigenvalue weighted by Gasteiger charge is -2.10. The molecule has 1 amide bonds. The van der Waals surface area contributed by atoms with E-state index in [2.05, 4.69) is 15.4 Å². The van der Waals surface area contributed by atoms with Crippen molar-refractivity contribution in [1.82, 2.24) is 14.8 Å². The van der Waals surface area contributed by atoms with Gasteiger partial charge in [-0.05, 0) is 31.5 Å². The van der Waals surface area contributed by atoms with E-state index in [1.54, 1.807) is 26.1 Å². The van der Waals surface area contributed by atoms with Gasteiger partial charge in [0.25, 0.3) is 5.91 Å². The molecule has 0 spiro atoms. The molecule has 0 atom stereocenters. The van der Waals surface area contributed by atoms with Crippen LogP contribution in [0.25, 0.3) is 0 Å². The number of carbonyl (C=O) groups is 1. The van der Waals surface area contributed by atoms with Crippen LogP contribution in [0.1, 0.15) is 21.7 Å². The zero-order chi connectivity index (χ0) is 14.2. The number of hydrogen-bond donors (Lipinski definition) is 1. The molecular formula is C12H12Cl2N4O. The second-order valence-corrected chi connectivity index (χ2v) is 4.92. The lowest BCUT2D eigenvalue weighted by molar-refractivity contribution is 0.101.